The van der Waals surface area contributed by atoms with Crippen LogP contribution in [0.4, 0.5) is 0 Å². The van der Waals surface area contributed by atoms with E-state index >= 15 is 0 Å². The molecule has 0 amide bonds. The number of hydrogen-bond acceptors (Lipinski definition) is 3. The van der Waals surface area contributed by atoms with E-state index in [0.717, 1.165) is 13.0 Å². The third-order valence-corrected chi connectivity index (χ3v) is 2.43. The van der Waals surface area contributed by atoms with Crippen LogP contribution in [-0.4, -0.2) is 28.3 Å². The number of imidazole rings is 1. The first-order valence-corrected chi connectivity index (χ1v) is 5.60. The van der Waals surface area contributed by atoms with Gasteiger partial charge in [0.15, 0.2) is 0 Å². The van der Waals surface area contributed by atoms with Crippen molar-refractivity contribution in [3.05, 3.63) is 18.7 Å². The second kappa shape index (κ2) is 4.38. The molecule has 1 heterocycles. The molecule has 0 unspecified atom stereocenters. The minimum absolute atomic E-state index is 0.165. The SMILES string of the molecule is O=S(=O)(O)CCCCn1ccnc1. The zero-order valence-electron chi connectivity index (χ0n) is 7.13. The summed E-state index contributed by atoms with van der Waals surface area (Å²) in [7, 11) is -3.79. The third kappa shape index (κ3) is 4.64. The maximum Gasteiger partial charge on any atom is 0.264 e. The monoisotopic (exact) mass is 204 g/mol. The Morgan fingerprint density at radius 2 is 2.15 bits per heavy atom. The van der Waals surface area contributed by atoms with Gasteiger partial charge in [-0.05, 0) is 12.8 Å². The van der Waals surface area contributed by atoms with Gasteiger partial charge in [0.2, 0.25) is 0 Å². The van der Waals surface area contributed by atoms with Gasteiger partial charge in [0.05, 0.1) is 12.1 Å². The van der Waals surface area contributed by atoms with E-state index in [9.17, 15) is 8.42 Å². The quantitative estimate of drug-likeness (QED) is 0.561. The van der Waals surface area contributed by atoms with Crippen LogP contribution in [0.2, 0.25) is 0 Å². The van der Waals surface area contributed by atoms with Gasteiger partial charge in [-0.25, -0.2) is 4.98 Å². The van der Waals surface area contributed by atoms with Crippen LogP contribution in [0.25, 0.3) is 0 Å². The molecule has 0 spiro atoms. The third-order valence-electron chi connectivity index (χ3n) is 1.63. The molecule has 0 bridgehead atoms. The molecule has 0 saturated heterocycles. The fourth-order valence-corrected chi connectivity index (χ4v) is 1.57. The summed E-state index contributed by atoms with van der Waals surface area (Å²) in [5.41, 5.74) is 0. The highest BCUT2D eigenvalue weighted by molar-refractivity contribution is 7.85. The number of hydrogen-bond donors (Lipinski definition) is 1. The molecule has 1 aromatic rings. The molecule has 0 saturated carbocycles. The maximum atomic E-state index is 10.3. The van der Waals surface area contributed by atoms with Crippen LogP contribution in [-0.2, 0) is 16.7 Å². The van der Waals surface area contributed by atoms with Gasteiger partial charge >= 0.3 is 0 Å². The average Bonchev–Trinajstić information content (AvgIpc) is 2.48. The van der Waals surface area contributed by atoms with Gasteiger partial charge in [-0.15, -0.1) is 0 Å². The lowest BCUT2D eigenvalue weighted by Crippen LogP contribution is -2.05. The van der Waals surface area contributed by atoms with Crippen LogP contribution in [0, 0.1) is 0 Å². The van der Waals surface area contributed by atoms with E-state index in [1.54, 1.807) is 12.5 Å². The van der Waals surface area contributed by atoms with E-state index in [0.29, 0.717) is 6.42 Å². The minimum Gasteiger partial charge on any atom is -0.337 e. The van der Waals surface area contributed by atoms with Crippen molar-refractivity contribution in [2.45, 2.75) is 19.4 Å². The Bertz CT molecular complexity index is 331. The summed E-state index contributed by atoms with van der Waals surface area (Å²) in [5, 5.41) is 0. The van der Waals surface area contributed by atoms with Crippen LogP contribution in [0.15, 0.2) is 18.7 Å². The van der Waals surface area contributed by atoms with Crippen LogP contribution in [0.5, 0.6) is 0 Å². The Labute approximate surface area is 77.2 Å². The van der Waals surface area contributed by atoms with Crippen molar-refractivity contribution in [3.8, 4) is 0 Å². The molecular weight excluding hydrogens is 192 g/mol. The molecule has 6 heteroatoms. The zero-order valence-corrected chi connectivity index (χ0v) is 7.94. The summed E-state index contributed by atoms with van der Waals surface area (Å²) >= 11 is 0. The Kier molecular flexibility index (Phi) is 3.44. The van der Waals surface area contributed by atoms with Gasteiger partial charge in [-0.2, -0.15) is 8.42 Å². The zero-order chi connectivity index (χ0) is 9.73. The summed E-state index contributed by atoms with van der Waals surface area (Å²) < 4.78 is 31.0. The lowest BCUT2D eigenvalue weighted by atomic mass is 10.3. The molecule has 0 aliphatic rings. The number of rotatable bonds is 5. The molecule has 1 aromatic heterocycles. The van der Waals surface area contributed by atoms with Crippen molar-refractivity contribution in [1.29, 1.82) is 0 Å². The second-order valence-electron chi connectivity index (χ2n) is 2.79. The summed E-state index contributed by atoms with van der Waals surface area (Å²) in [4.78, 5) is 3.85. The fourth-order valence-electron chi connectivity index (χ4n) is 0.998. The Morgan fingerprint density at radius 1 is 1.38 bits per heavy atom. The van der Waals surface area contributed by atoms with Crippen molar-refractivity contribution in [2.75, 3.05) is 5.75 Å². The van der Waals surface area contributed by atoms with Crippen molar-refractivity contribution in [2.24, 2.45) is 0 Å². The summed E-state index contributed by atoms with van der Waals surface area (Å²) in [6.45, 7) is 0.732. The lowest BCUT2D eigenvalue weighted by Gasteiger charge is -2.00. The van der Waals surface area contributed by atoms with E-state index in [1.807, 2.05) is 10.8 Å². The van der Waals surface area contributed by atoms with E-state index in [2.05, 4.69) is 4.98 Å². The molecule has 0 atom stereocenters. The molecular formula is C7H12N2O3S. The lowest BCUT2D eigenvalue weighted by molar-refractivity contribution is 0.478. The molecule has 1 rings (SSSR count). The predicted octanol–water partition coefficient (Wildman–Crippen LogP) is 0.551. The molecule has 0 aliphatic carbocycles. The molecule has 5 nitrogen and oxygen atoms in total. The number of aryl methyl sites for hydroxylation is 1. The van der Waals surface area contributed by atoms with Gasteiger partial charge < -0.3 is 4.57 Å². The maximum absolute atomic E-state index is 10.3. The van der Waals surface area contributed by atoms with E-state index in [4.69, 9.17) is 4.55 Å². The first-order valence-electron chi connectivity index (χ1n) is 3.99. The molecule has 0 aliphatic heterocycles. The normalized spacial score (nSPS) is 11.8. The summed E-state index contributed by atoms with van der Waals surface area (Å²) in [6.07, 6.45) is 6.34. The number of aromatic nitrogens is 2. The number of nitrogens with zero attached hydrogens (tertiary/aromatic N) is 2. The highest BCUT2D eigenvalue weighted by Gasteiger charge is 2.02. The minimum atomic E-state index is -3.79. The van der Waals surface area contributed by atoms with Gasteiger partial charge in [0.25, 0.3) is 10.1 Å². The van der Waals surface area contributed by atoms with Crippen molar-refractivity contribution in [1.82, 2.24) is 9.55 Å². The van der Waals surface area contributed by atoms with Crippen LogP contribution < -0.4 is 0 Å². The van der Waals surface area contributed by atoms with E-state index in [1.165, 1.54) is 0 Å². The predicted molar refractivity (Wildman–Crippen MR) is 47.9 cm³/mol. The molecule has 1 N–H and O–H groups in total. The fraction of sp³-hybridized carbons (Fsp3) is 0.571. The topological polar surface area (TPSA) is 72.2 Å². The Morgan fingerprint density at radius 3 is 2.69 bits per heavy atom. The summed E-state index contributed by atoms with van der Waals surface area (Å²) in [5.74, 6) is -0.165. The van der Waals surface area contributed by atoms with Gasteiger partial charge in [-0.3, -0.25) is 4.55 Å². The first kappa shape index (κ1) is 10.2. The van der Waals surface area contributed by atoms with E-state index in [-0.39, 0.29) is 5.75 Å². The van der Waals surface area contributed by atoms with Gasteiger partial charge in [-0.1, -0.05) is 0 Å². The van der Waals surface area contributed by atoms with Crippen LogP contribution in [0.1, 0.15) is 12.8 Å². The highest BCUT2D eigenvalue weighted by atomic mass is 32.2. The first-order chi connectivity index (χ1) is 6.08. The Balaban J connectivity index is 2.16. The molecule has 0 aromatic carbocycles. The standard InChI is InChI=1S/C7H12N2O3S/c10-13(11,12)6-2-1-4-9-5-3-8-7-9/h3,5,7H,1-2,4,6H2,(H,10,11,12). The second-order valence-corrected chi connectivity index (χ2v) is 4.37. The highest BCUT2D eigenvalue weighted by Crippen LogP contribution is 1.97. The average molecular weight is 204 g/mol. The van der Waals surface area contributed by atoms with Crippen molar-refractivity contribution >= 4 is 10.1 Å². The number of unbranched alkanes of at least 4 members (excludes halogenated alkanes) is 1. The largest absolute Gasteiger partial charge is 0.337 e. The smallest absolute Gasteiger partial charge is 0.264 e. The molecule has 0 radical (unpaired) electrons. The Hall–Kier alpha value is -0.880. The summed E-state index contributed by atoms with van der Waals surface area (Å²) in [6, 6.07) is 0. The van der Waals surface area contributed by atoms with Crippen molar-refractivity contribution in [3.63, 3.8) is 0 Å². The van der Waals surface area contributed by atoms with Gasteiger partial charge in [0, 0.05) is 18.9 Å². The van der Waals surface area contributed by atoms with Crippen molar-refractivity contribution < 1.29 is 13.0 Å². The van der Waals surface area contributed by atoms with Gasteiger partial charge in [0.1, 0.15) is 0 Å². The molecule has 0 fully saturated rings. The van der Waals surface area contributed by atoms with Crippen LogP contribution >= 0.6 is 0 Å². The van der Waals surface area contributed by atoms with E-state index < -0.39 is 10.1 Å². The molecule has 74 valence electrons. The van der Waals surface area contributed by atoms with Crippen LogP contribution in [0.3, 0.4) is 0 Å². The molecule has 13 heavy (non-hydrogen) atoms.